The number of aromatic nitrogens is 1. The first-order valence-electron chi connectivity index (χ1n) is 4.60. The topological polar surface area (TPSA) is 48.4 Å². The number of hydrogen-bond donors (Lipinski definition) is 0. The molecule has 0 fully saturated rings. The maximum Gasteiger partial charge on any atom is 0.195 e. The summed E-state index contributed by atoms with van der Waals surface area (Å²) in [5.41, 5.74) is -0.352. The standard InChI is InChI=1S/C11H15NO3/c1-11(2,15-4)10(13)8-5-9(14-3)7-12-6-8/h5-7H,1-4H3. The van der Waals surface area contributed by atoms with Gasteiger partial charge in [-0.2, -0.15) is 0 Å². The highest BCUT2D eigenvalue weighted by molar-refractivity contribution is 6.01. The molecule has 1 aromatic rings. The Morgan fingerprint density at radius 1 is 1.33 bits per heavy atom. The van der Waals surface area contributed by atoms with Gasteiger partial charge in [0.05, 0.1) is 13.3 Å². The lowest BCUT2D eigenvalue weighted by atomic mass is 9.98. The van der Waals surface area contributed by atoms with Crippen molar-refractivity contribution in [1.29, 1.82) is 0 Å². The molecule has 0 bridgehead atoms. The molecular weight excluding hydrogens is 194 g/mol. The SMILES string of the molecule is COc1cncc(C(=O)C(C)(C)OC)c1. The molecule has 0 spiro atoms. The van der Waals surface area contributed by atoms with Crippen molar-refractivity contribution in [3.63, 3.8) is 0 Å². The molecule has 0 amide bonds. The van der Waals surface area contributed by atoms with Crippen LogP contribution in [0.2, 0.25) is 0 Å². The molecule has 4 heteroatoms. The third-order valence-electron chi connectivity index (χ3n) is 2.27. The van der Waals surface area contributed by atoms with Gasteiger partial charge in [-0.15, -0.1) is 0 Å². The fraction of sp³-hybridized carbons (Fsp3) is 0.455. The predicted octanol–water partition coefficient (Wildman–Crippen LogP) is 1.70. The van der Waals surface area contributed by atoms with Crippen molar-refractivity contribution in [3.8, 4) is 5.75 Å². The molecule has 0 radical (unpaired) electrons. The average molecular weight is 209 g/mol. The van der Waals surface area contributed by atoms with E-state index >= 15 is 0 Å². The van der Waals surface area contributed by atoms with E-state index in [1.165, 1.54) is 20.4 Å². The van der Waals surface area contributed by atoms with E-state index in [-0.39, 0.29) is 5.78 Å². The molecule has 0 aliphatic heterocycles. The van der Waals surface area contributed by atoms with E-state index < -0.39 is 5.60 Å². The quantitative estimate of drug-likeness (QED) is 0.708. The number of carbonyl (C=O) groups is 1. The summed E-state index contributed by atoms with van der Waals surface area (Å²) >= 11 is 0. The van der Waals surface area contributed by atoms with Crippen LogP contribution in [0, 0.1) is 0 Å². The zero-order valence-corrected chi connectivity index (χ0v) is 9.40. The van der Waals surface area contributed by atoms with Gasteiger partial charge in [-0.05, 0) is 19.9 Å². The molecule has 0 saturated heterocycles. The largest absolute Gasteiger partial charge is 0.495 e. The van der Waals surface area contributed by atoms with Crippen LogP contribution in [-0.2, 0) is 4.74 Å². The van der Waals surface area contributed by atoms with Gasteiger partial charge in [-0.3, -0.25) is 9.78 Å². The van der Waals surface area contributed by atoms with Crippen LogP contribution in [0.25, 0.3) is 0 Å². The monoisotopic (exact) mass is 209 g/mol. The van der Waals surface area contributed by atoms with Gasteiger partial charge in [0.25, 0.3) is 0 Å². The fourth-order valence-electron chi connectivity index (χ4n) is 1.09. The number of Topliss-reactive ketones (excluding diaryl/α,β-unsaturated/α-hetero) is 1. The summed E-state index contributed by atoms with van der Waals surface area (Å²) < 4.78 is 10.1. The third kappa shape index (κ3) is 2.53. The minimum atomic E-state index is -0.839. The molecule has 82 valence electrons. The molecule has 1 rings (SSSR count). The Morgan fingerprint density at radius 2 is 2.00 bits per heavy atom. The second kappa shape index (κ2) is 4.40. The summed E-state index contributed by atoms with van der Waals surface area (Å²) in [5.74, 6) is 0.448. The van der Waals surface area contributed by atoms with Crippen molar-refractivity contribution in [2.75, 3.05) is 14.2 Å². The molecule has 1 heterocycles. The molecule has 4 nitrogen and oxygen atoms in total. The summed E-state index contributed by atoms with van der Waals surface area (Å²) in [7, 11) is 3.04. The minimum Gasteiger partial charge on any atom is -0.495 e. The van der Waals surface area contributed by atoms with Crippen molar-refractivity contribution in [3.05, 3.63) is 24.0 Å². The van der Waals surface area contributed by atoms with Gasteiger partial charge in [-0.25, -0.2) is 0 Å². The molecule has 0 aliphatic carbocycles. The molecule has 0 atom stereocenters. The molecule has 0 N–H and O–H groups in total. The number of ketones is 1. The number of pyridine rings is 1. The van der Waals surface area contributed by atoms with E-state index in [2.05, 4.69) is 4.98 Å². The van der Waals surface area contributed by atoms with E-state index in [0.717, 1.165) is 0 Å². The first kappa shape index (κ1) is 11.7. The maximum atomic E-state index is 11.9. The molecule has 0 unspecified atom stereocenters. The Balaban J connectivity index is 3.01. The highest BCUT2D eigenvalue weighted by atomic mass is 16.5. The number of rotatable bonds is 4. The molecule has 0 saturated carbocycles. The Morgan fingerprint density at radius 3 is 2.53 bits per heavy atom. The van der Waals surface area contributed by atoms with Gasteiger partial charge in [0.2, 0.25) is 0 Å². The van der Waals surface area contributed by atoms with Crippen LogP contribution >= 0.6 is 0 Å². The number of nitrogens with zero attached hydrogens (tertiary/aromatic N) is 1. The highest BCUT2D eigenvalue weighted by Gasteiger charge is 2.28. The molecule has 0 aromatic carbocycles. The smallest absolute Gasteiger partial charge is 0.195 e. The van der Waals surface area contributed by atoms with Crippen molar-refractivity contribution < 1.29 is 14.3 Å². The van der Waals surface area contributed by atoms with E-state index in [1.807, 2.05) is 0 Å². The zero-order valence-electron chi connectivity index (χ0n) is 9.40. The van der Waals surface area contributed by atoms with Crippen LogP contribution in [0.3, 0.4) is 0 Å². The van der Waals surface area contributed by atoms with Crippen molar-refractivity contribution in [1.82, 2.24) is 4.98 Å². The van der Waals surface area contributed by atoms with Gasteiger partial charge in [-0.1, -0.05) is 0 Å². The summed E-state index contributed by atoms with van der Waals surface area (Å²) in [6.45, 7) is 3.43. The number of ether oxygens (including phenoxy) is 2. The number of hydrogen-bond acceptors (Lipinski definition) is 4. The second-order valence-corrected chi connectivity index (χ2v) is 3.66. The van der Waals surface area contributed by atoms with Gasteiger partial charge in [0.1, 0.15) is 11.4 Å². The van der Waals surface area contributed by atoms with Gasteiger partial charge >= 0.3 is 0 Å². The number of methoxy groups -OCH3 is 2. The van der Waals surface area contributed by atoms with Gasteiger partial charge < -0.3 is 9.47 Å². The normalized spacial score (nSPS) is 11.2. The highest BCUT2D eigenvalue weighted by Crippen LogP contribution is 2.18. The van der Waals surface area contributed by atoms with E-state index in [1.54, 1.807) is 26.1 Å². The third-order valence-corrected chi connectivity index (χ3v) is 2.27. The first-order valence-corrected chi connectivity index (χ1v) is 4.60. The maximum absolute atomic E-state index is 11.9. The minimum absolute atomic E-state index is 0.114. The summed E-state index contributed by atoms with van der Waals surface area (Å²) in [6, 6.07) is 1.65. The van der Waals surface area contributed by atoms with Crippen molar-refractivity contribution >= 4 is 5.78 Å². The van der Waals surface area contributed by atoms with Crippen LogP contribution < -0.4 is 4.74 Å². The van der Waals surface area contributed by atoms with Crippen LogP contribution in [0.1, 0.15) is 24.2 Å². The van der Waals surface area contributed by atoms with Crippen molar-refractivity contribution in [2.24, 2.45) is 0 Å². The van der Waals surface area contributed by atoms with Crippen LogP contribution in [0.15, 0.2) is 18.5 Å². The van der Waals surface area contributed by atoms with Crippen molar-refractivity contribution in [2.45, 2.75) is 19.4 Å². The van der Waals surface area contributed by atoms with Crippen LogP contribution in [-0.4, -0.2) is 30.6 Å². The van der Waals surface area contributed by atoms with E-state index in [4.69, 9.17) is 9.47 Å². The first-order chi connectivity index (χ1) is 7.01. The lowest BCUT2D eigenvalue weighted by molar-refractivity contribution is 0.0227. The van der Waals surface area contributed by atoms with Gasteiger partial charge in [0.15, 0.2) is 5.78 Å². The lowest BCUT2D eigenvalue weighted by Gasteiger charge is -2.20. The number of carbonyl (C=O) groups excluding carboxylic acids is 1. The van der Waals surface area contributed by atoms with Crippen LogP contribution in [0.5, 0.6) is 5.75 Å². The summed E-state index contributed by atoms with van der Waals surface area (Å²) in [4.78, 5) is 15.9. The Hall–Kier alpha value is -1.42. The Bertz CT molecular complexity index is 361. The van der Waals surface area contributed by atoms with Crippen LogP contribution in [0.4, 0.5) is 0 Å². The second-order valence-electron chi connectivity index (χ2n) is 3.66. The Labute approximate surface area is 89.2 Å². The van der Waals surface area contributed by atoms with E-state index in [0.29, 0.717) is 11.3 Å². The zero-order chi connectivity index (χ0) is 11.5. The molecule has 1 aromatic heterocycles. The average Bonchev–Trinajstić information content (AvgIpc) is 2.28. The fourth-order valence-corrected chi connectivity index (χ4v) is 1.09. The van der Waals surface area contributed by atoms with E-state index in [9.17, 15) is 4.79 Å². The molecule has 15 heavy (non-hydrogen) atoms. The summed E-state index contributed by atoms with van der Waals surface area (Å²) in [6.07, 6.45) is 3.06. The molecular formula is C11H15NO3. The lowest BCUT2D eigenvalue weighted by Crippen LogP contribution is -2.33. The molecule has 0 aliphatic rings. The summed E-state index contributed by atoms with van der Waals surface area (Å²) in [5, 5.41) is 0. The predicted molar refractivity (Wildman–Crippen MR) is 56.2 cm³/mol. The van der Waals surface area contributed by atoms with Gasteiger partial charge in [0, 0.05) is 18.9 Å². The Kier molecular flexibility index (Phi) is 3.42.